The molecule has 3 aromatic rings. The molecule has 0 aromatic heterocycles. The predicted molar refractivity (Wildman–Crippen MR) is 99.0 cm³/mol. The van der Waals surface area contributed by atoms with E-state index in [9.17, 15) is 22.4 Å². The number of carbonyl (C=O) groups excluding carboxylic acids is 1. The summed E-state index contributed by atoms with van der Waals surface area (Å²) < 4.78 is 60.0. The molecule has 3 rings (SSSR count). The maximum absolute atomic E-state index is 14.5. The van der Waals surface area contributed by atoms with Crippen molar-refractivity contribution in [1.82, 2.24) is 0 Å². The lowest BCUT2D eigenvalue weighted by molar-refractivity contribution is -0.274. The molecule has 7 heteroatoms. The second kappa shape index (κ2) is 8.34. The van der Waals surface area contributed by atoms with E-state index in [1.165, 1.54) is 18.2 Å². The number of hydrogen-bond acceptors (Lipinski definition) is 3. The molecular formula is C22H16F4O3. The molecule has 29 heavy (non-hydrogen) atoms. The third-order valence-electron chi connectivity index (χ3n) is 4.21. The molecule has 3 aromatic carbocycles. The molecule has 150 valence electrons. The topological polar surface area (TPSA) is 35.5 Å². The average molecular weight is 404 g/mol. The van der Waals surface area contributed by atoms with Gasteiger partial charge in [0.25, 0.3) is 0 Å². The Balaban J connectivity index is 1.69. The molecule has 0 N–H and O–H groups in total. The highest BCUT2D eigenvalue weighted by molar-refractivity contribution is 5.80. The van der Waals surface area contributed by atoms with Crippen molar-refractivity contribution in [1.29, 1.82) is 0 Å². The van der Waals surface area contributed by atoms with Crippen LogP contribution in [0.3, 0.4) is 0 Å². The normalized spacial score (nSPS) is 12.3. The van der Waals surface area contributed by atoms with Crippen LogP contribution in [0.5, 0.6) is 11.5 Å². The molecule has 0 aliphatic carbocycles. The van der Waals surface area contributed by atoms with E-state index in [4.69, 9.17) is 4.74 Å². The fourth-order valence-electron chi connectivity index (χ4n) is 2.70. The van der Waals surface area contributed by atoms with Crippen molar-refractivity contribution in [2.24, 2.45) is 0 Å². The first-order valence-electron chi connectivity index (χ1n) is 8.65. The third-order valence-corrected chi connectivity index (χ3v) is 4.21. The number of benzene rings is 3. The minimum absolute atomic E-state index is 0.0535. The van der Waals surface area contributed by atoms with Crippen LogP contribution in [-0.2, 0) is 4.79 Å². The minimum atomic E-state index is -4.80. The van der Waals surface area contributed by atoms with E-state index in [1.54, 1.807) is 43.3 Å². The molecule has 0 amide bonds. The fraction of sp³-hybridized carbons (Fsp3) is 0.136. The fourth-order valence-corrected chi connectivity index (χ4v) is 2.70. The number of alkyl halides is 3. The summed E-state index contributed by atoms with van der Waals surface area (Å²) >= 11 is 0. The molecule has 0 bridgehead atoms. The Labute approximate surface area is 164 Å². The van der Waals surface area contributed by atoms with Gasteiger partial charge in [-0.3, -0.25) is 4.79 Å². The summed E-state index contributed by atoms with van der Waals surface area (Å²) in [5.74, 6) is -2.29. The molecule has 0 saturated carbocycles. The Morgan fingerprint density at radius 3 is 2.10 bits per heavy atom. The summed E-state index contributed by atoms with van der Waals surface area (Å²) in [4.78, 5) is 12.3. The lowest BCUT2D eigenvalue weighted by Gasteiger charge is -2.14. The first-order chi connectivity index (χ1) is 13.7. The van der Waals surface area contributed by atoms with Gasteiger partial charge in [0, 0.05) is 5.56 Å². The zero-order chi connectivity index (χ0) is 21.0. The van der Waals surface area contributed by atoms with Crippen LogP contribution in [0, 0.1) is 5.82 Å². The molecule has 0 heterocycles. The first kappa shape index (κ1) is 20.4. The van der Waals surface area contributed by atoms with Gasteiger partial charge in [-0.25, -0.2) is 4.39 Å². The van der Waals surface area contributed by atoms with Gasteiger partial charge in [0.1, 0.15) is 17.3 Å². The molecule has 1 atom stereocenters. The van der Waals surface area contributed by atoms with Crippen LogP contribution >= 0.6 is 0 Å². The third kappa shape index (κ3) is 5.34. The highest BCUT2D eigenvalue weighted by Gasteiger charge is 2.31. The van der Waals surface area contributed by atoms with Gasteiger partial charge in [-0.2, -0.15) is 0 Å². The first-order valence-corrected chi connectivity index (χ1v) is 8.65. The van der Waals surface area contributed by atoms with E-state index in [0.717, 1.165) is 12.1 Å². The summed E-state index contributed by atoms with van der Waals surface area (Å²) in [6.45, 7) is 1.56. The molecule has 3 nitrogen and oxygen atoms in total. The number of esters is 1. The van der Waals surface area contributed by atoms with Gasteiger partial charge in [-0.15, -0.1) is 13.2 Å². The average Bonchev–Trinajstić information content (AvgIpc) is 2.68. The van der Waals surface area contributed by atoms with Crippen molar-refractivity contribution in [3.05, 3.63) is 84.2 Å². The zero-order valence-electron chi connectivity index (χ0n) is 15.2. The van der Waals surface area contributed by atoms with E-state index in [0.29, 0.717) is 16.7 Å². The van der Waals surface area contributed by atoms with Gasteiger partial charge in [0.2, 0.25) is 0 Å². The molecule has 0 spiro atoms. The summed E-state index contributed by atoms with van der Waals surface area (Å²) in [6, 6.07) is 17.9. The smallest absolute Gasteiger partial charge is 0.426 e. The summed E-state index contributed by atoms with van der Waals surface area (Å²) in [6.07, 6.45) is -4.80. The molecule has 0 aliphatic rings. The van der Waals surface area contributed by atoms with E-state index < -0.39 is 29.8 Å². The van der Waals surface area contributed by atoms with Gasteiger partial charge in [0.15, 0.2) is 0 Å². The molecule has 0 fully saturated rings. The standard InChI is InChI=1S/C22H16F4O3/c1-14(16-7-12-19(20(23)13-16)15-5-3-2-4-6-15)21(27)28-17-8-10-18(11-9-17)29-22(24,25)26/h2-14H,1H3. The quantitative estimate of drug-likeness (QED) is 0.293. The van der Waals surface area contributed by atoms with Crippen LogP contribution in [0.2, 0.25) is 0 Å². The second-order valence-corrected chi connectivity index (χ2v) is 6.27. The number of halogens is 4. The SMILES string of the molecule is CC(C(=O)Oc1ccc(OC(F)(F)F)cc1)c1ccc(-c2ccccc2)c(F)c1. The predicted octanol–water partition coefficient (Wildman–Crippen LogP) is 6.10. The van der Waals surface area contributed by atoms with Crippen molar-refractivity contribution in [3.8, 4) is 22.6 Å². The lowest BCUT2D eigenvalue weighted by Crippen LogP contribution is -2.17. The van der Waals surface area contributed by atoms with E-state index in [-0.39, 0.29) is 5.75 Å². The largest absolute Gasteiger partial charge is 0.573 e. The zero-order valence-corrected chi connectivity index (χ0v) is 15.2. The summed E-state index contributed by atoms with van der Waals surface area (Å²) in [7, 11) is 0. The van der Waals surface area contributed by atoms with Crippen LogP contribution in [0.15, 0.2) is 72.8 Å². The van der Waals surface area contributed by atoms with Crippen molar-refractivity contribution in [3.63, 3.8) is 0 Å². The maximum atomic E-state index is 14.5. The Hall–Kier alpha value is -3.35. The van der Waals surface area contributed by atoms with Gasteiger partial charge in [-0.05, 0) is 48.4 Å². The number of ether oxygens (including phenoxy) is 2. The Bertz CT molecular complexity index is 983. The molecule has 0 aliphatic heterocycles. The van der Waals surface area contributed by atoms with Gasteiger partial charge in [0.05, 0.1) is 5.92 Å². The Kier molecular flexibility index (Phi) is 5.87. The maximum Gasteiger partial charge on any atom is 0.573 e. The Morgan fingerprint density at radius 2 is 1.52 bits per heavy atom. The van der Waals surface area contributed by atoms with E-state index in [1.807, 2.05) is 6.07 Å². The number of hydrogen-bond donors (Lipinski definition) is 0. The van der Waals surface area contributed by atoms with Gasteiger partial charge in [-0.1, -0.05) is 42.5 Å². The number of carbonyl (C=O) groups is 1. The van der Waals surface area contributed by atoms with Crippen molar-refractivity contribution in [2.45, 2.75) is 19.2 Å². The lowest BCUT2D eigenvalue weighted by atomic mass is 9.97. The number of rotatable bonds is 5. The van der Waals surface area contributed by atoms with Crippen LogP contribution in [0.25, 0.3) is 11.1 Å². The highest BCUT2D eigenvalue weighted by atomic mass is 19.4. The van der Waals surface area contributed by atoms with Crippen molar-refractivity contribution in [2.75, 3.05) is 0 Å². The summed E-state index contributed by atoms with van der Waals surface area (Å²) in [5, 5.41) is 0. The van der Waals surface area contributed by atoms with Crippen LogP contribution < -0.4 is 9.47 Å². The van der Waals surface area contributed by atoms with Crippen LogP contribution in [0.1, 0.15) is 18.4 Å². The molecule has 1 unspecified atom stereocenters. The molecule has 0 radical (unpaired) electrons. The monoisotopic (exact) mass is 404 g/mol. The Morgan fingerprint density at radius 1 is 0.897 bits per heavy atom. The van der Waals surface area contributed by atoms with E-state index >= 15 is 0 Å². The molecule has 0 saturated heterocycles. The molecular weight excluding hydrogens is 388 g/mol. The van der Waals surface area contributed by atoms with E-state index in [2.05, 4.69) is 4.74 Å². The second-order valence-electron chi connectivity index (χ2n) is 6.27. The minimum Gasteiger partial charge on any atom is -0.426 e. The van der Waals surface area contributed by atoms with Gasteiger partial charge >= 0.3 is 12.3 Å². The van der Waals surface area contributed by atoms with Crippen molar-refractivity contribution >= 4 is 5.97 Å². The van der Waals surface area contributed by atoms with Crippen LogP contribution in [0.4, 0.5) is 17.6 Å². The highest BCUT2D eigenvalue weighted by Crippen LogP contribution is 2.28. The van der Waals surface area contributed by atoms with Gasteiger partial charge < -0.3 is 9.47 Å². The summed E-state index contributed by atoms with van der Waals surface area (Å²) in [5.41, 5.74) is 1.55. The van der Waals surface area contributed by atoms with Crippen LogP contribution in [-0.4, -0.2) is 12.3 Å². The van der Waals surface area contributed by atoms with Crippen molar-refractivity contribution < 1.29 is 31.8 Å².